The fraction of sp³-hybridized carbons (Fsp3) is 0.500. The molecule has 3 aromatic rings. The number of aryl methyl sites for hydroxylation is 1. The predicted molar refractivity (Wildman–Crippen MR) is 143 cm³/mol. The van der Waals surface area contributed by atoms with Gasteiger partial charge in [-0.05, 0) is 93.8 Å². The van der Waals surface area contributed by atoms with Crippen molar-refractivity contribution in [1.82, 2.24) is 14.9 Å². The molecule has 2 aromatic heterocycles. The summed E-state index contributed by atoms with van der Waals surface area (Å²) >= 11 is 0. The molecule has 0 atom stereocenters. The van der Waals surface area contributed by atoms with Crippen molar-refractivity contribution in [2.75, 3.05) is 18.4 Å². The van der Waals surface area contributed by atoms with Crippen LogP contribution in [0, 0.1) is 12.3 Å². The fourth-order valence-corrected chi connectivity index (χ4v) is 8.66. The minimum atomic E-state index is -3.34. The van der Waals surface area contributed by atoms with E-state index in [4.69, 9.17) is 0 Å². The Bertz CT molecular complexity index is 1460. The first-order valence-electron chi connectivity index (χ1n) is 13.2. The maximum absolute atomic E-state index is 13.3. The van der Waals surface area contributed by atoms with Crippen molar-refractivity contribution in [2.24, 2.45) is 5.41 Å². The highest BCUT2D eigenvalue weighted by Gasteiger charge is 2.50. The van der Waals surface area contributed by atoms with E-state index in [1.165, 1.54) is 0 Å². The molecule has 0 amide bonds. The highest BCUT2D eigenvalue weighted by atomic mass is 32.2. The van der Waals surface area contributed by atoms with Gasteiger partial charge in [0.1, 0.15) is 5.82 Å². The van der Waals surface area contributed by atoms with Crippen molar-refractivity contribution in [2.45, 2.75) is 74.5 Å². The Kier molecular flexibility index (Phi) is 5.91. The standard InChI is InChI=1S/C28H34N4O3S/c1-19-14-22(36(34,35)23-16-28(17-23)10-12-29-13-11-28)7-8-24(19)31-26-15-25-20(18-30-26)6-9-27(33)32(25)21-4-2-3-5-21/h6-9,14-15,18,21,23,29H,2-5,10-13,16-17H2,1H3,(H,30,31). The van der Waals surface area contributed by atoms with Gasteiger partial charge in [-0.1, -0.05) is 12.8 Å². The zero-order chi connectivity index (χ0) is 24.9. The molecule has 0 bridgehead atoms. The number of pyridine rings is 2. The molecule has 8 heteroatoms. The summed E-state index contributed by atoms with van der Waals surface area (Å²) in [4.78, 5) is 17.7. The lowest BCUT2D eigenvalue weighted by molar-refractivity contribution is 0.0901. The normalized spacial score (nSPS) is 20.6. The Morgan fingerprint density at radius 1 is 1.06 bits per heavy atom. The first-order valence-corrected chi connectivity index (χ1v) is 14.7. The highest BCUT2D eigenvalue weighted by molar-refractivity contribution is 7.92. The van der Waals surface area contributed by atoms with Crippen molar-refractivity contribution in [3.8, 4) is 0 Å². The van der Waals surface area contributed by atoms with E-state index < -0.39 is 9.84 Å². The topological polar surface area (TPSA) is 93.1 Å². The van der Waals surface area contributed by atoms with Crippen LogP contribution >= 0.6 is 0 Å². The highest BCUT2D eigenvalue weighted by Crippen LogP contribution is 2.51. The molecule has 0 radical (unpaired) electrons. The molecule has 2 N–H and O–H groups in total. The molecule has 1 saturated heterocycles. The van der Waals surface area contributed by atoms with Gasteiger partial charge >= 0.3 is 0 Å². The maximum Gasteiger partial charge on any atom is 0.251 e. The summed E-state index contributed by atoms with van der Waals surface area (Å²) in [6, 6.07) is 11.0. The van der Waals surface area contributed by atoms with Gasteiger partial charge in [0, 0.05) is 35.4 Å². The number of nitrogens with one attached hydrogen (secondary N) is 2. The summed E-state index contributed by atoms with van der Waals surface area (Å²) in [7, 11) is -3.34. The van der Waals surface area contributed by atoms with Gasteiger partial charge < -0.3 is 15.2 Å². The second-order valence-electron chi connectivity index (χ2n) is 11.0. The lowest BCUT2D eigenvalue weighted by Gasteiger charge is -2.49. The van der Waals surface area contributed by atoms with Gasteiger partial charge in [-0.25, -0.2) is 13.4 Å². The monoisotopic (exact) mass is 506 g/mol. The van der Waals surface area contributed by atoms with Gasteiger partial charge in [0.25, 0.3) is 5.56 Å². The number of hydrogen-bond acceptors (Lipinski definition) is 6. The Hall–Kier alpha value is -2.71. The number of fused-ring (bicyclic) bond motifs is 1. The van der Waals surface area contributed by atoms with E-state index in [-0.39, 0.29) is 22.3 Å². The number of rotatable bonds is 5. The second-order valence-corrected chi connectivity index (χ2v) is 13.3. The van der Waals surface area contributed by atoms with Crippen LogP contribution < -0.4 is 16.2 Å². The van der Waals surface area contributed by atoms with Crippen molar-refractivity contribution in [3.63, 3.8) is 0 Å². The number of sulfone groups is 1. The first kappa shape index (κ1) is 23.7. The zero-order valence-electron chi connectivity index (χ0n) is 20.8. The van der Waals surface area contributed by atoms with Crippen LogP contribution in [0.3, 0.4) is 0 Å². The van der Waals surface area contributed by atoms with Crippen LogP contribution in [0.25, 0.3) is 10.9 Å². The lowest BCUT2D eigenvalue weighted by atomic mass is 9.63. The minimum absolute atomic E-state index is 0.0274. The molecule has 3 aliphatic rings. The Labute approximate surface area is 212 Å². The average molecular weight is 507 g/mol. The molecule has 3 heterocycles. The van der Waals surface area contributed by atoms with E-state index in [9.17, 15) is 13.2 Å². The van der Waals surface area contributed by atoms with Crippen LogP contribution in [-0.2, 0) is 9.84 Å². The van der Waals surface area contributed by atoms with Gasteiger partial charge in [-0.15, -0.1) is 0 Å². The van der Waals surface area contributed by atoms with E-state index in [2.05, 4.69) is 15.6 Å². The summed E-state index contributed by atoms with van der Waals surface area (Å²) in [5.74, 6) is 0.644. The third-order valence-electron chi connectivity index (χ3n) is 8.72. The largest absolute Gasteiger partial charge is 0.340 e. The smallest absolute Gasteiger partial charge is 0.251 e. The molecular formula is C28H34N4O3S. The number of hydrogen-bond donors (Lipinski definition) is 2. The predicted octanol–water partition coefficient (Wildman–Crippen LogP) is 4.87. The molecule has 36 heavy (non-hydrogen) atoms. The molecule has 3 fully saturated rings. The molecule has 1 aliphatic heterocycles. The molecule has 190 valence electrons. The van der Waals surface area contributed by atoms with Crippen LogP contribution in [0.2, 0.25) is 0 Å². The van der Waals surface area contributed by atoms with E-state index in [1.54, 1.807) is 24.4 Å². The van der Waals surface area contributed by atoms with Crippen LogP contribution in [-0.4, -0.2) is 36.3 Å². The first-order chi connectivity index (χ1) is 17.3. The Morgan fingerprint density at radius 3 is 2.53 bits per heavy atom. The molecule has 0 unspecified atom stereocenters. The SMILES string of the molecule is Cc1cc(S(=O)(=O)C2CC3(CCNCC3)C2)ccc1Nc1cc2c(ccc(=O)n2C2CCCC2)cn1. The number of aromatic nitrogens is 2. The average Bonchev–Trinajstić information content (AvgIpc) is 3.38. The van der Waals surface area contributed by atoms with Crippen molar-refractivity contribution in [3.05, 3.63) is 58.5 Å². The summed E-state index contributed by atoms with van der Waals surface area (Å²) in [5.41, 5.74) is 2.81. The number of piperidine rings is 1. The molecule has 7 nitrogen and oxygen atoms in total. The third kappa shape index (κ3) is 4.14. The van der Waals surface area contributed by atoms with Gasteiger partial charge in [0.2, 0.25) is 0 Å². The molecule has 1 aromatic carbocycles. The molecular weight excluding hydrogens is 472 g/mol. The quantitative estimate of drug-likeness (QED) is 0.513. The van der Waals surface area contributed by atoms with Gasteiger partial charge in [-0.3, -0.25) is 4.79 Å². The van der Waals surface area contributed by atoms with Crippen molar-refractivity contribution < 1.29 is 8.42 Å². The summed E-state index contributed by atoms with van der Waals surface area (Å²) in [5, 5.41) is 7.40. The maximum atomic E-state index is 13.3. The number of anilines is 2. The van der Waals surface area contributed by atoms with E-state index in [0.717, 1.165) is 86.6 Å². The van der Waals surface area contributed by atoms with Gasteiger partial charge in [0.05, 0.1) is 15.7 Å². The Morgan fingerprint density at radius 2 is 1.81 bits per heavy atom. The molecule has 2 saturated carbocycles. The van der Waals surface area contributed by atoms with Crippen LogP contribution in [0.5, 0.6) is 0 Å². The molecule has 2 aliphatic carbocycles. The Balaban J connectivity index is 1.24. The molecule has 6 rings (SSSR count). The fourth-order valence-electron chi connectivity index (χ4n) is 6.53. The summed E-state index contributed by atoms with van der Waals surface area (Å²) in [6.07, 6.45) is 9.86. The van der Waals surface area contributed by atoms with Crippen molar-refractivity contribution in [1.29, 1.82) is 0 Å². The van der Waals surface area contributed by atoms with Gasteiger partial charge in [0.15, 0.2) is 9.84 Å². The summed E-state index contributed by atoms with van der Waals surface area (Å²) < 4.78 is 28.6. The zero-order valence-corrected chi connectivity index (χ0v) is 21.6. The van der Waals surface area contributed by atoms with Crippen LogP contribution in [0.1, 0.15) is 63.0 Å². The van der Waals surface area contributed by atoms with Crippen molar-refractivity contribution >= 4 is 32.2 Å². The minimum Gasteiger partial charge on any atom is -0.340 e. The van der Waals surface area contributed by atoms with E-state index in [0.29, 0.717) is 10.7 Å². The van der Waals surface area contributed by atoms with E-state index in [1.807, 2.05) is 29.7 Å². The summed E-state index contributed by atoms with van der Waals surface area (Å²) in [6.45, 7) is 3.91. The number of benzene rings is 1. The second kappa shape index (κ2) is 8.99. The number of nitrogens with zero attached hydrogens (tertiary/aromatic N) is 2. The van der Waals surface area contributed by atoms with Crippen LogP contribution in [0.4, 0.5) is 11.5 Å². The molecule has 1 spiro atoms. The van der Waals surface area contributed by atoms with E-state index >= 15 is 0 Å². The lowest BCUT2D eigenvalue weighted by Crippen LogP contribution is -2.50. The third-order valence-corrected chi connectivity index (χ3v) is 10.8. The van der Waals surface area contributed by atoms with Gasteiger partial charge in [-0.2, -0.15) is 0 Å². The van der Waals surface area contributed by atoms with Crippen LogP contribution in [0.15, 0.2) is 52.3 Å².